The highest BCUT2D eigenvalue weighted by atomic mass is 16.5. The van der Waals surface area contributed by atoms with E-state index in [9.17, 15) is 19.5 Å². The molecule has 0 unspecified atom stereocenters. The van der Waals surface area contributed by atoms with Gasteiger partial charge in [-0.3, -0.25) is 9.59 Å². The van der Waals surface area contributed by atoms with Gasteiger partial charge in [-0.25, -0.2) is 4.79 Å². The molecule has 1 saturated heterocycles. The molecule has 0 bridgehead atoms. The van der Waals surface area contributed by atoms with E-state index >= 15 is 0 Å². The van der Waals surface area contributed by atoms with Crippen LogP contribution in [0, 0.1) is 17.3 Å². The molecule has 1 N–H and O–H groups in total. The van der Waals surface area contributed by atoms with Gasteiger partial charge < -0.3 is 19.6 Å². The number of rotatable bonds is 6. The molecule has 152 valence electrons. The zero-order valence-electron chi connectivity index (χ0n) is 16.9. The molecule has 0 aromatic heterocycles. The Kier molecular flexibility index (Phi) is 7.03. The van der Waals surface area contributed by atoms with E-state index in [1.807, 2.05) is 20.8 Å². The number of methoxy groups -OCH3 is 1. The quantitative estimate of drug-likeness (QED) is 0.554. The number of nitrogens with zero attached hydrogens (tertiary/aromatic N) is 2. The van der Waals surface area contributed by atoms with E-state index in [1.54, 1.807) is 18.1 Å². The summed E-state index contributed by atoms with van der Waals surface area (Å²) in [7, 11) is 1.66. The number of aliphatic carboxylic acids is 1. The van der Waals surface area contributed by atoms with Crippen LogP contribution in [0.3, 0.4) is 0 Å². The lowest BCUT2D eigenvalue weighted by Gasteiger charge is -2.32. The molecule has 1 aliphatic heterocycles. The molecule has 7 nitrogen and oxygen atoms in total. The first-order valence-corrected chi connectivity index (χ1v) is 9.37. The van der Waals surface area contributed by atoms with E-state index in [0.717, 1.165) is 12.8 Å². The normalized spacial score (nSPS) is 17.7. The van der Waals surface area contributed by atoms with Gasteiger partial charge >= 0.3 is 5.97 Å². The average molecular weight is 388 g/mol. The molecule has 2 amide bonds. The fourth-order valence-electron chi connectivity index (χ4n) is 3.14. The lowest BCUT2D eigenvalue weighted by atomic mass is 9.97. The number of hydrogen-bond acceptors (Lipinski definition) is 4. The highest BCUT2D eigenvalue weighted by Gasteiger charge is 2.28. The van der Waals surface area contributed by atoms with E-state index in [2.05, 4.69) is 11.8 Å². The maximum absolute atomic E-state index is 12.6. The minimum atomic E-state index is -1.11. The summed E-state index contributed by atoms with van der Waals surface area (Å²) in [5.74, 6) is 4.75. The Hall–Kier alpha value is -2.59. The fourth-order valence-corrected chi connectivity index (χ4v) is 3.14. The van der Waals surface area contributed by atoms with Crippen LogP contribution in [0.5, 0.6) is 0 Å². The fraction of sp³-hybridized carbons (Fsp3) is 0.571. The summed E-state index contributed by atoms with van der Waals surface area (Å²) in [4.78, 5) is 38.7. The Morgan fingerprint density at radius 3 is 2.50 bits per heavy atom. The van der Waals surface area contributed by atoms with Crippen molar-refractivity contribution in [2.45, 2.75) is 46.1 Å². The average Bonchev–Trinajstić information content (AvgIpc) is 3.08. The van der Waals surface area contributed by atoms with Crippen molar-refractivity contribution in [3.8, 4) is 11.8 Å². The van der Waals surface area contributed by atoms with Gasteiger partial charge in [0.2, 0.25) is 12.3 Å². The third-order valence-corrected chi connectivity index (χ3v) is 4.71. The van der Waals surface area contributed by atoms with Gasteiger partial charge in [0.25, 0.3) is 0 Å². The number of carbonyl (C=O) groups excluding carboxylic acids is 2. The van der Waals surface area contributed by atoms with Gasteiger partial charge in [-0.05, 0) is 39.7 Å². The summed E-state index contributed by atoms with van der Waals surface area (Å²) < 4.78 is 5.30. The number of amides is 2. The summed E-state index contributed by atoms with van der Waals surface area (Å²) in [6.07, 6.45) is 3.90. The topological polar surface area (TPSA) is 87.2 Å². The molecule has 0 aromatic carbocycles. The lowest BCUT2D eigenvalue weighted by molar-refractivity contribution is -0.137. The highest BCUT2D eigenvalue weighted by molar-refractivity contribution is 5.91. The third-order valence-electron chi connectivity index (χ3n) is 4.71. The van der Waals surface area contributed by atoms with Crippen molar-refractivity contribution in [1.29, 1.82) is 0 Å². The van der Waals surface area contributed by atoms with Crippen LogP contribution in [0.25, 0.3) is 0 Å². The van der Waals surface area contributed by atoms with Gasteiger partial charge in [0, 0.05) is 37.6 Å². The largest absolute Gasteiger partial charge is 0.478 e. The van der Waals surface area contributed by atoms with Crippen molar-refractivity contribution in [2.75, 3.05) is 26.7 Å². The predicted molar refractivity (Wildman–Crippen MR) is 104 cm³/mol. The molecule has 1 heterocycles. The second-order valence-corrected chi connectivity index (χ2v) is 8.06. The Morgan fingerprint density at radius 1 is 1.36 bits per heavy atom. The molecule has 7 heteroatoms. The molecule has 28 heavy (non-hydrogen) atoms. The molecule has 1 fully saturated rings. The highest BCUT2D eigenvalue weighted by Crippen LogP contribution is 2.28. The lowest BCUT2D eigenvalue weighted by Crippen LogP contribution is -2.45. The summed E-state index contributed by atoms with van der Waals surface area (Å²) in [6, 6.07) is 0. The molecule has 0 atom stereocenters. The SMILES string of the molecule is COC1CCN(C(=O)CN(C=O)C2=C(C(=O)O)CC(C#CC(C)(C)C)=C2)CC1. The van der Waals surface area contributed by atoms with E-state index in [4.69, 9.17) is 4.74 Å². The zero-order chi connectivity index (χ0) is 20.9. The van der Waals surface area contributed by atoms with Crippen LogP contribution in [0.15, 0.2) is 22.9 Å². The van der Waals surface area contributed by atoms with Gasteiger partial charge in [0.1, 0.15) is 6.54 Å². The van der Waals surface area contributed by atoms with Crippen LogP contribution in [-0.2, 0) is 19.1 Å². The van der Waals surface area contributed by atoms with Gasteiger partial charge in [-0.1, -0.05) is 11.8 Å². The molecule has 2 rings (SSSR count). The standard InChI is InChI=1S/C21H28N2O5/c1-21(2,3)8-5-15-11-17(20(26)27)18(12-15)23(14-24)13-19(25)22-9-6-16(28-4)7-10-22/h12,14,16H,6-7,9-11,13H2,1-4H3,(H,26,27). The molecule has 0 radical (unpaired) electrons. The number of likely N-dealkylation sites (tertiary alicyclic amines) is 1. The van der Waals surface area contributed by atoms with Gasteiger partial charge in [0.15, 0.2) is 0 Å². The minimum Gasteiger partial charge on any atom is -0.478 e. The van der Waals surface area contributed by atoms with Crippen molar-refractivity contribution >= 4 is 18.3 Å². The van der Waals surface area contributed by atoms with Crippen LogP contribution in [0.1, 0.15) is 40.0 Å². The summed E-state index contributed by atoms with van der Waals surface area (Å²) >= 11 is 0. The predicted octanol–water partition coefficient (Wildman–Crippen LogP) is 1.80. The molecule has 1 aliphatic carbocycles. The summed E-state index contributed by atoms with van der Waals surface area (Å²) in [5.41, 5.74) is 0.723. The van der Waals surface area contributed by atoms with Crippen molar-refractivity contribution in [3.63, 3.8) is 0 Å². The Morgan fingerprint density at radius 2 is 2.00 bits per heavy atom. The number of carboxylic acid groups (broad SMARTS) is 1. The first-order valence-electron chi connectivity index (χ1n) is 9.37. The van der Waals surface area contributed by atoms with Crippen LogP contribution in [0.2, 0.25) is 0 Å². The van der Waals surface area contributed by atoms with Crippen LogP contribution >= 0.6 is 0 Å². The first-order chi connectivity index (χ1) is 13.1. The number of allylic oxidation sites excluding steroid dienone is 2. The second-order valence-electron chi connectivity index (χ2n) is 8.06. The van der Waals surface area contributed by atoms with Crippen molar-refractivity contribution in [3.05, 3.63) is 22.9 Å². The van der Waals surface area contributed by atoms with Gasteiger partial charge in [0.05, 0.1) is 17.4 Å². The number of ether oxygens (including phenoxy) is 1. The van der Waals surface area contributed by atoms with Crippen LogP contribution < -0.4 is 0 Å². The second kappa shape index (κ2) is 9.07. The maximum Gasteiger partial charge on any atom is 0.334 e. The van der Waals surface area contributed by atoms with Gasteiger partial charge in [-0.15, -0.1) is 0 Å². The maximum atomic E-state index is 12.6. The Bertz CT molecular complexity index is 756. The molecular weight excluding hydrogens is 360 g/mol. The number of piperidine rings is 1. The number of carboxylic acids is 1. The van der Waals surface area contributed by atoms with Crippen LogP contribution in [-0.4, -0.2) is 66.0 Å². The zero-order valence-corrected chi connectivity index (χ0v) is 16.9. The Balaban J connectivity index is 2.15. The summed E-state index contributed by atoms with van der Waals surface area (Å²) in [5, 5.41) is 9.52. The number of hydrogen-bond donors (Lipinski definition) is 1. The molecule has 2 aliphatic rings. The van der Waals surface area contributed by atoms with Crippen molar-refractivity contribution in [2.24, 2.45) is 5.41 Å². The smallest absolute Gasteiger partial charge is 0.334 e. The molecule has 0 saturated carbocycles. The molecular formula is C21H28N2O5. The van der Waals surface area contributed by atoms with E-state index in [1.165, 1.54) is 4.90 Å². The molecule has 0 aromatic rings. The summed E-state index contributed by atoms with van der Waals surface area (Å²) in [6.45, 7) is 6.82. The van der Waals surface area contributed by atoms with Gasteiger partial charge in [-0.2, -0.15) is 0 Å². The number of carbonyl (C=O) groups is 3. The van der Waals surface area contributed by atoms with E-state index in [-0.39, 0.29) is 41.7 Å². The third kappa shape index (κ3) is 5.70. The van der Waals surface area contributed by atoms with Crippen molar-refractivity contribution < 1.29 is 24.2 Å². The van der Waals surface area contributed by atoms with Crippen LogP contribution in [0.4, 0.5) is 0 Å². The first kappa shape index (κ1) is 21.7. The Labute approximate surface area is 166 Å². The minimum absolute atomic E-state index is 0.0798. The van der Waals surface area contributed by atoms with E-state index < -0.39 is 5.97 Å². The van der Waals surface area contributed by atoms with E-state index in [0.29, 0.717) is 25.1 Å². The van der Waals surface area contributed by atoms with Crippen molar-refractivity contribution in [1.82, 2.24) is 9.80 Å². The molecule has 0 spiro atoms. The monoisotopic (exact) mass is 388 g/mol.